The maximum absolute atomic E-state index is 6.02. The minimum atomic E-state index is -0.220. The Labute approximate surface area is 196 Å². The molecule has 0 amide bonds. The molecule has 1 atom stereocenters. The van der Waals surface area contributed by atoms with E-state index in [2.05, 4.69) is 22.6 Å². The van der Waals surface area contributed by atoms with Crippen molar-refractivity contribution in [1.29, 1.82) is 0 Å². The summed E-state index contributed by atoms with van der Waals surface area (Å²) in [6, 6.07) is 27.2. The van der Waals surface area contributed by atoms with E-state index in [4.69, 9.17) is 33.3 Å². The van der Waals surface area contributed by atoms with Gasteiger partial charge in [-0.25, -0.2) is 0 Å². The number of hydrogen-bond acceptors (Lipinski definition) is 4. The van der Waals surface area contributed by atoms with Crippen molar-refractivity contribution in [3.05, 3.63) is 107 Å². The molecule has 2 heterocycles. The summed E-state index contributed by atoms with van der Waals surface area (Å²) in [6.07, 6.45) is 0. The molecule has 0 radical (unpaired) electrons. The van der Waals surface area contributed by atoms with Gasteiger partial charge in [0.25, 0.3) is 5.89 Å². The van der Waals surface area contributed by atoms with Crippen LogP contribution in [-0.2, 0) is 0 Å². The van der Waals surface area contributed by atoms with E-state index in [1.54, 1.807) is 0 Å². The molecule has 3 aromatic carbocycles. The predicted octanol–water partition coefficient (Wildman–Crippen LogP) is 6.26. The van der Waals surface area contributed by atoms with Gasteiger partial charge in [-0.3, -0.25) is 4.90 Å². The Morgan fingerprint density at radius 2 is 1.59 bits per heavy atom. The van der Waals surface area contributed by atoms with Gasteiger partial charge in [0.1, 0.15) is 0 Å². The number of benzene rings is 3. The lowest BCUT2D eigenvalue weighted by Gasteiger charge is -2.37. The van der Waals surface area contributed by atoms with Crippen LogP contribution in [0.15, 0.2) is 95.1 Å². The van der Waals surface area contributed by atoms with Crippen LogP contribution in [-0.4, -0.2) is 15.3 Å². The van der Waals surface area contributed by atoms with Crippen molar-refractivity contribution in [1.82, 2.24) is 15.5 Å². The van der Waals surface area contributed by atoms with E-state index in [-0.39, 0.29) is 6.04 Å². The van der Waals surface area contributed by atoms with Crippen LogP contribution in [0.2, 0.25) is 5.02 Å². The third kappa shape index (κ3) is 3.79. The quantitative estimate of drug-likeness (QED) is 0.364. The van der Waals surface area contributed by atoms with Gasteiger partial charge in [-0.2, -0.15) is 4.98 Å². The number of para-hydroxylation sites is 1. The number of thiocarbonyl (C=S) groups is 1. The van der Waals surface area contributed by atoms with Gasteiger partial charge < -0.3 is 9.84 Å². The molecule has 7 heteroatoms. The standard InChI is InChI=1S/C25H19ClN4OS/c1-16-21(24-28-23(29-31-24)18-12-14-19(26)15-13-18)22(17-8-4-2-5-9-17)27-25(32)30(16)20-10-6-3-7-11-20/h2-15,22H,1H3,(H,27,32). The number of rotatable bonds is 4. The van der Waals surface area contributed by atoms with Crippen LogP contribution < -0.4 is 10.2 Å². The SMILES string of the molecule is CC1=C(c2nc(-c3ccc(Cl)cc3)no2)C(c2ccccc2)NC(=S)N1c1ccccc1. The van der Waals surface area contributed by atoms with E-state index in [1.807, 2.05) is 84.6 Å². The van der Waals surface area contributed by atoms with Crippen molar-refractivity contribution in [2.24, 2.45) is 0 Å². The van der Waals surface area contributed by atoms with Crippen LogP contribution in [0.25, 0.3) is 17.0 Å². The van der Waals surface area contributed by atoms with Crippen LogP contribution in [0, 0.1) is 0 Å². The highest BCUT2D eigenvalue weighted by Gasteiger charge is 2.34. The van der Waals surface area contributed by atoms with E-state index in [1.165, 1.54) is 0 Å². The van der Waals surface area contributed by atoms with Crippen LogP contribution >= 0.6 is 23.8 Å². The van der Waals surface area contributed by atoms with Crippen molar-refractivity contribution in [3.63, 3.8) is 0 Å². The van der Waals surface area contributed by atoms with E-state index < -0.39 is 0 Å². The lowest BCUT2D eigenvalue weighted by molar-refractivity contribution is 0.404. The van der Waals surface area contributed by atoms with Crippen molar-refractivity contribution in [2.45, 2.75) is 13.0 Å². The van der Waals surface area contributed by atoms with Crippen LogP contribution in [0.3, 0.4) is 0 Å². The number of allylic oxidation sites excluding steroid dienone is 1. The number of halogens is 1. The Bertz CT molecular complexity index is 1290. The summed E-state index contributed by atoms with van der Waals surface area (Å²) in [5.74, 6) is 0.945. The van der Waals surface area contributed by atoms with Gasteiger partial charge in [-0.1, -0.05) is 65.3 Å². The zero-order valence-electron chi connectivity index (χ0n) is 17.2. The molecule has 5 nitrogen and oxygen atoms in total. The minimum Gasteiger partial charge on any atom is -0.351 e. The van der Waals surface area contributed by atoms with E-state index >= 15 is 0 Å². The number of nitrogens with zero attached hydrogens (tertiary/aromatic N) is 3. The maximum atomic E-state index is 6.02. The fourth-order valence-corrected chi connectivity index (χ4v) is 4.34. The summed E-state index contributed by atoms with van der Waals surface area (Å²) < 4.78 is 5.77. The Hall–Kier alpha value is -3.48. The topological polar surface area (TPSA) is 54.2 Å². The van der Waals surface area contributed by atoms with Gasteiger partial charge in [0, 0.05) is 22.0 Å². The summed E-state index contributed by atoms with van der Waals surface area (Å²) in [5.41, 5.74) is 4.66. The Morgan fingerprint density at radius 3 is 2.28 bits per heavy atom. The van der Waals surface area contributed by atoms with Crippen LogP contribution in [0.1, 0.15) is 24.4 Å². The molecular formula is C25H19ClN4OS. The highest BCUT2D eigenvalue weighted by atomic mass is 35.5. The predicted molar refractivity (Wildman–Crippen MR) is 131 cm³/mol. The minimum absolute atomic E-state index is 0.220. The number of nitrogens with one attached hydrogen (secondary N) is 1. The monoisotopic (exact) mass is 458 g/mol. The fraction of sp³-hybridized carbons (Fsp3) is 0.0800. The highest BCUT2D eigenvalue weighted by molar-refractivity contribution is 7.80. The molecule has 0 fully saturated rings. The smallest absolute Gasteiger partial charge is 0.258 e. The van der Waals surface area contributed by atoms with Crippen molar-refractivity contribution < 1.29 is 4.52 Å². The third-order valence-electron chi connectivity index (χ3n) is 5.39. The lowest BCUT2D eigenvalue weighted by Crippen LogP contribution is -2.46. The molecule has 4 aromatic rings. The van der Waals surface area contributed by atoms with Gasteiger partial charge in [0.15, 0.2) is 5.11 Å². The molecule has 1 aromatic heterocycles. The molecule has 1 aliphatic rings. The normalized spacial score (nSPS) is 16.2. The van der Waals surface area contributed by atoms with E-state index in [0.717, 1.165) is 28.1 Å². The van der Waals surface area contributed by atoms with Gasteiger partial charge in [0.2, 0.25) is 5.82 Å². The average molecular weight is 459 g/mol. The van der Waals surface area contributed by atoms with Crippen molar-refractivity contribution in [2.75, 3.05) is 4.90 Å². The largest absolute Gasteiger partial charge is 0.351 e. The van der Waals surface area contributed by atoms with Crippen LogP contribution in [0.4, 0.5) is 5.69 Å². The molecular weight excluding hydrogens is 440 g/mol. The van der Waals surface area contributed by atoms with E-state index in [0.29, 0.717) is 21.9 Å². The van der Waals surface area contributed by atoms with E-state index in [9.17, 15) is 0 Å². The average Bonchev–Trinajstić information content (AvgIpc) is 3.30. The second kappa shape index (κ2) is 8.57. The first-order valence-corrected chi connectivity index (χ1v) is 10.9. The molecule has 0 bridgehead atoms. The zero-order valence-corrected chi connectivity index (χ0v) is 18.8. The maximum Gasteiger partial charge on any atom is 0.258 e. The third-order valence-corrected chi connectivity index (χ3v) is 5.94. The zero-order chi connectivity index (χ0) is 22.1. The number of aromatic nitrogens is 2. The number of anilines is 1. The van der Waals surface area contributed by atoms with Gasteiger partial charge in [-0.15, -0.1) is 0 Å². The summed E-state index contributed by atoms with van der Waals surface area (Å²) in [4.78, 5) is 6.72. The summed E-state index contributed by atoms with van der Waals surface area (Å²) in [5, 5.41) is 8.97. The first kappa shape index (κ1) is 20.4. The molecule has 0 spiro atoms. The lowest BCUT2D eigenvalue weighted by atomic mass is 9.94. The summed E-state index contributed by atoms with van der Waals surface area (Å²) in [7, 11) is 0. The first-order valence-electron chi connectivity index (χ1n) is 10.1. The Balaban J connectivity index is 1.65. The molecule has 0 saturated heterocycles. The molecule has 0 aliphatic carbocycles. The summed E-state index contributed by atoms with van der Waals surface area (Å²) in [6.45, 7) is 2.03. The Kier molecular flexibility index (Phi) is 5.47. The van der Waals surface area contributed by atoms with Crippen molar-refractivity contribution in [3.8, 4) is 11.4 Å². The molecule has 1 aliphatic heterocycles. The molecule has 1 unspecified atom stereocenters. The van der Waals surface area contributed by atoms with Gasteiger partial charge in [-0.05, 0) is 61.1 Å². The highest BCUT2D eigenvalue weighted by Crippen LogP contribution is 2.39. The molecule has 5 rings (SSSR count). The second-order valence-electron chi connectivity index (χ2n) is 7.39. The molecule has 158 valence electrons. The molecule has 32 heavy (non-hydrogen) atoms. The number of hydrogen-bond donors (Lipinski definition) is 1. The van der Waals surface area contributed by atoms with Gasteiger partial charge >= 0.3 is 0 Å². The van der Waals surface area contributed by atoms with Gasteiger partial charge in [0.05, 0.1) is 11.6 Å². The summed E-state index contributed by atoms with van der Waals surface area (Å²) >= 11 is 11.8. The molecule has 1 N–H and O–H groups in total. The second-order valence-corrected chi connectivity index (χ2v) is 8.22. The van der Waals surface area contributed by atoms with Crippen LogP contribution in [0.5, 0.6) is 0 Å². The first-order chi connectivity index (χ1) is 15.6. The van der Waals surface area contributed by atoms with Crippen molar-refractivity contribution >= 4 is 40.2 Å². The Morgan fingerprint density at radius 1 is 0.938 bits per heavy atom. The molecule has 0 saturated carbocycles. The fourth-order valence-electron chi connectivity index (χ4n) is 3.85.